The summed E-state index contributed by atoms with van der Waals surface area (Å²) >= 11 is 0. The average Bonchev–Trinajstić information content (AvgIpc) is 2.52. The van der Waals surface area contributed by atoms with Crippen LogP contribution in [0, 0.1) is 0 Å². The van der Waals surface area contributed by atoms with Crippen LogP contribution < -0.4 is 35.3 Å². The van der Waals surface area contributed by atoms with Crippen molar-refractivity contribution in [2.24, 2.45) is 5.73 Å². The number of carboxylic acids is 1. The molecule has 0 aliphatic rings. The Hall–Kier alpha value is 0.0200. The van der Waals surface area contributed by atoms with Crippen molar-refractivity contribution in [1.82, 2.24) is 4.90 Å². The molecule has 0 aromatic carbocycles. The topological polar surface area (TPSA) is 104 Å². The van der Waals surface area contributed by atoms with E-state index >= 15 is 0 Å². The minimum Gasteiger partial charge on any atom is -1.00 e. The van der Waals surface area contributed by atoms with Gasteiger partial charge in [0.25, 0.3) is 0 Å². The summed E-state index contributed by atoms with van der Waals surface area (Å²) in [5.41, 5.74) is 5.87. The summed E-state index contributed by atoms with van der Waals surface area (Å²) in [6, 6.07) is -0.676. The number of aliphatic carboxylic acids is 1. The Labute approximate surface area is 176 Å². The van der Waals surface area contributed by atoms with Crippen molar-refractivity contribution in [3.63, 3.8) is 0 Å². The van der Waals surface area contributed by atoms with Gasteiger partial charge in [-0.15, -0.1) is 0 Å². The second-order valence-electron chi connectivity index (χ2n) is 6.50. The number of rotatable bonds is 17. The van der Waals surface area contributed by atoms with E-state index in [2.05, 4.69) is 6.92 Å². The zero-order valence-electron chi connectivity index (χ0n) is 17.2. The van der Waals surface area contributed by atoms with E-state index in [0.29, 0.717) is 6.42 Å². The Kier molecular flexibility index (Phi) is 20.5. The van der Waals surface area contributed by atoms with Gasteiger partial charge in [0.15, 0.2) is 5.78 Å². The molecule has 0 saturated carbocycles. The molecule has 0 fully saturated rings. The van der Waals surface area contributed by atoms with Crippen molar-refractivity contribution in [2.75, 3.05) is 26.2 Å². The van der Waals surface area contributed by atoms with Crippen LogP contribution in [0.15, 0.2) is 0 Å². The van der Waals surface area contributed by atoms with Gasteiger partial charge >= 0.3 is 35.5 Å². The van der Waals surface area contributed by atoms with Gasteiger partial charge in [-0.25, -0.2) is 0 Å². The number of unbranched alkanes of at least 4 members (excludes halogenated alkanes) is 8. The molecule has 0 radical (unpaired) electrons. The van der Waals surface area contributed by atoms with Gasteiger partial charge in [0.1, 0.15) is 0 Å². The van der Waals surface area contributed by atoms with Crippen molar-refractivity contribution in [2.45, 2.75) is 77.2 Å². The molecule has 4 N–H and O–H groups in total. The van der Waals surface area contributed by atoms with Crippen LogP contribution in [0.3, 0.4) is 0 Å². The number of Topliss-reactive ketones (excluding diaryl/α,β-unsaturated/α-hetero) is 1. The molecule has 144 valence electrons. The molecule has 0 saturated heterocycles. The van der Waals surface area contributed by atoms with E-state index in [9.17, 15) is 9.59 Å². The molecule has 0 rings (SSSR count). The monoisotopic (exact) mass is 368 g/mol. The van der Waals surface area contributed by atoms with Crippen LogP contribution in [0.25, 0.3) is 0 Å². The summed E-state index contributed by atoms with van der Waals surface area (Å²) < 4.78 is 0. The Morgan fingerprint density at radius 1 is 1.04 bits per heavy atom. The molecule has 6 nitrogen and oxygen atoms in total. The number of nitrogens with two attached hydrogens (primary N) is 1. The van der Waals surface area contributed by atoms with Crippen molar-refractivity contribution in [1.29, 1.82) is 0 Å². The molecule has 0 aliphatic carbocycles. The quantitative estimate of drug-likeness (QED) is 0.232. The van der Waals surface area contributed by atoms with E-state index in [1.165, 1.54) is 43.4 Å². The largest absolute Gasteiger partial charge is 1.00 e. The van der Waals surface area contributed by atoms with Gasteiger partial charge in [-0.3, -0.25) is 14.5 Å². The maximum absolute atomic E-state index is 12.0. The second-order valence-corrected chi connectivity index (χ2v) is 6.50. The van der Waals surface area contributed by atoms with Gasteiger partial charge in [0.05, 0.1) is 19.2 Å². The molecule has 0 heterocycles. The van der Waals surface area contributed by atoms with Crippen LogP contribution in [0.2, 0.25) is 0 Å². The first-order chi connectivity index (χ1) is 11.5. The fourth-order valence-corrected chi connectivity index (χ4v) is 2.74. The fraction of sp³-hybridized carbons (Fsp3) is 0.889. The number of hydrogen-bond donors (Lipinski definition) is 3. The second kappa shape index (κ2) is 18.8. The summed E-state index contributed by atoms with van der Waals surface area (Å²) in [7, 11) is 0. The minimum absolute atomic E-state index is 0. The first-order valence-corrected chi connectivity index (χ1v) is 9.34. The summed E-state index contributed by atoms with van der Waals surface area (Å²) in [5.74, 6) is -1.01. The molecule has 25 heavy (non-hydrogen) atoms. The van der Waals surface area contributed by atoms with Gasteiger partial charge < -0.3 is 17.4 Å². The number of hydrogen-bond acceptors (Lipinski definition) is 5. The zero-order valence-corrected chi connectivity index (χ0v) is 18.2. The van der Waals surface area contributed by atoms with E-state index in [4.69, 9.17) is 15.9 Å². The van der Waals surface area contributed by atoms with Crippen LogP contribution in [0.4, 0.5) is 0 Å². The van der Waals surface area contributed by atoms with Crippen molar-refractivity contribution in [3.05, 3.63) is 0 Å². The van der Waals surface area contributed by atoms with Gasteiger partial charge in [0, 0.05) is 19.5 Å². The summed E-state index contributed by atoms with van der Waals surface area (Å²) in [4.78, 5) is 24.3. The molecule has 0 spiro atoms. The van der Waals surface area contributed by atoms with Gasteiger partial charge in [-0.2, -0.15) is 0 Å². The van der Waals surface area contributed by atoms with E-state index in [1.807, 2.05) is 0 Å². The van der Waals surface area contributed by atoms with E-state index in [1.54, 1.807) is 0 Å². The Bertz CT molecular complexity index is 349. The predicted molar refractivity (Wildman–Crippen MR) is 97.1 cm³/mol. The summed E-state index contributed by atoms with van der Waals surface area (Å²) in [5, 5.41) is 17.7. The Morgan fingerprint density at radius 3 is 2.04 bits per heavy atom. The molecular formula is C18H37N2NaO4. The van der Waals surface area contributed by atoms with Crippen LogP contribution in [0.5, 0.6) is 0 Å². The number of aliphatic hydroxyl groups excluding tert-OH is 1. The molecule has 0 aromatic rings. The third-order valence-electron chi connectivity index (χ3n) is 4.17. The molecular weight excluding hydrogens is 331 g/mol. The maximum atomic E-state index is 12.0. The first-order valence-electron chi connectivity index (χ1n) is 9.34. The van der Waals surface area contributed by atoms with Gasteiger partial charge in [-0.05, 0) is 6.42 Å². The Balaban J connectivity index is -0.00000264. The number of carboxylic acid groups (broad SMARTS) is 1. The smallest absolute Gasteiger partial charge is 1.00 e. The van der Waals surface area contributed by atoms with Crippen molar-refractivity contribution in [3.8, 4) is 0 Å². The van der Waals surface area contributed by atoms with Crippen molar-refractivity contribution >= 4 is 11.8 Å². The third kappa shape index (κ3) is 17.2. The number of carbonyl (C=O) groups excluding carboxylic acids is 1. The SMILES string of the molecule is CCCCCCCCCCCC(=O)C(N)CN(CCO)CC(=O)O.[H-].[Na+]. The number of ketones is 1. The Morgan fingerprint density at radius 2 is 1.56 bits per heavy atom. The maximum Gasteiger partial charge on any atom is 1.00 e. The van der Waals surface area contributed by atoms with Crippen molar-refractivity contribution < 1.29 is 50.8 Å². The van der Waals surface area contributed by atoms with Gasteiger partial charge in [-0.1, -0.05) is 58.3 Å². The third-order valence-corrected chi connectivity index (χ3v) is 4.17. The van der Waals surface area contributed by atoms with E-state index in [-0.39, 0.29) is 63.0 Å². The standard InChI is InChI=1S/C18H36N2O4.Na.H/c1-2-3-4-5-6-7-8-9-10-11-17(22)16(19)14-20(12-13-21)15-18(23)24;;/h16,21H,2-15,19H2,1H3,(H,23,24);;/q;+1;-1. The number of nitrogens with zero attached hydrogens (tertiary/aromatic N) is 1. The van der Waals surface area contributed by atoms with Gasteiger partial charge in [0.2, 0.25) is 0 Å². The number of carbonyl (C=O) groups is 2. The zero-order chi connectivity index (χ0) is 18.2. The summed E-state index contributed by atoms with van der Waals surface area (Å²) in [6.07, 6.45) is 11.2. The minimum atomic E-state index is -0.984. The molecule has 0 aromatic heterocycles. The summed E-state index contributed by atoms with van der Waals surface area (Å²) in [6.45, 7) is 2.26. The molecule has 7 heteroatoms. The molecule has 1 unspecified atom stereocenters. The molecule has 0 amide bonds. The average molecular weight is 368 g/mol. The number of aliphatic hydroxyl groups is 1. The van der Waals surface area contributed by atoms with E-state index in [0.717, 1.165) is 19.3 Å². The molecule has 0 bridgehead atoms. The van der Waals surface area contributed by atoms with Crippen LogP contribution >= 0.6 is 0 Å². The fourth-order valence-electron chi connectivity index (χ4n) is 2.74. The predicted octanol–water partition coefficient (Wildman–Crippen LogP) is -0.701. The van der Waals surface area contributed by atoms with Crippen LogP contribution in [-0.4, -0.2) is 59.1 Å². The normalized spacial score (nSPS) is 12.0. The molecule has 0 aliphatic heterocycles. The van der Waals surface area contributed by atoms with Crippen LogP contribution in [-0.2, 0) is 9.59 Å². The van der Waals surface area contributed by atoms with E-state index < -0.39 is 12.0 Å². The molecule has 1 atom stereocenters. The first kappa shape index (κ1) is 27.2. The van der Waals surface area contributed by atoms with Crippen LogP contribution in [0.1, 0.15) is 72.6 Å².